The number of hydrogen-bond donors (Lipinski definition) is 4. The Labute approximate surface area is 309 Å². The van der Waals surface area contributed by atoms with E-state index in [-0.39, 0.29) is 42.7 Å². The van der Waals surface area contributed by atoms with Crippen molar-refractivity contribution in [2.45, 2.75) is 97.8 Å². The summed E-state index contributed by atoms with van der Waals surface area (Å²) < 4.78 is 25.7. The van der Waals surface area contributed by atoms with Gasteiger partial charge >= 0.3 is 6.03 Å². The van der Waals surface area contributed by atoms with Gasteiger partial charge < -0.3 is 26.2 Å². The first-order chi connectivity index (χ1) is 24.2. The predicted molar refractivity (Wildman–Crippen MR) is 199 cm³/mol. The molecule has 0 radical (unpaired) electrons. The van der Waals surface area contributed by atoms with E-state index in [0.717, 1.165) is 23.8 Å². The van der Waals surface area contributed by atoms with Gasteiger partial charge in [-0.3, -0.25) is 19.2 Å². The van der Waals surface area contributed by atoms with Crippen molar-refractivity contribution in [2.75, 3.05) is 32.9 Å². The molecule has 52 heavy (non-hydrogen) atoms. The van der Waals surface area contributed by atoms with Gasteiger partial charge in [0.1, 0.15) is 12.1 Å². The summed E-state index contributed by atoms with van der Waals surface area (Å²) >= 11 is 0. The van der Waals surface area contributed by atoms with Crippen molar-refractivity contribution in [3.8, 4) is 0 Å². The summed E-state index contributed by atoms with van der Waals surface area (Å²) in [5.74, 6) is -2.87. The number of amides is 5. The lowest BCUT2D eigenvalue weighted by atomic mass is 9.86. The first kappa shape index (κ1) is 41.0. The van der Waals surface area contributed by atoms with E-state index in [1.165, 1.54) is 17.4 Å². The third kappa shape index (κ3) is 9.22. The molecule has 288 valence electrons. The fourth-order valence-electron chi connectivity index (χ4n) is 7.82. The number of sulfonamides is 1. The summed E-state index contributed by atoms with van der Waals surface area (Å²) in [6.07, 6.45) is 5.29. The number of Topliss-reactive ketones (excluding diaryl/α,β-unsaturated/α-hetero) is 1. The van der Waals surface area contributed by atoms with Crippen LogP contribution in [-0.2, 0) is 42.0 Å². The highest BCUT2D eigenvalue weighted by Crippen LogP contribution is 2.65. The van der Waals surface area contributed by atoms with Gasteiger partial charge in [0.05, 0.1) is 12.3 Å². The molecule has 2 fully saturated rings. The van der Waals surface area contributed by atoms with Crippen LogP contribution >= 0.6 is 0 Å². The lowest BCUT2D eigenvalue weighted by molar-refractivity contribution is -0.144. The highest BCUT2D eigenvalue weighted by molar-refractivity contribution is 7.88. The van der Waals surface area contributed by atoms with Gasteiger partial charge in [-0.1, -0.05) is 84.7 Å². The van der Waals surface area contributed by atoms with E-state index in [4.69, 9.17) is 0 Å². The number of benzene rings is 1. The van der Waals surface area contributed by atoms with Crippen LogP contribution in [0.15, 0.2) is 36.9 Å². The number of piperidine rings is 1. The van der Waals surface area contributed by atoms with Crippen LogP contribution in [-0.4, -0.2) is 104 Å². The number of urea groups is 1. The molecule has 4 rings (SSSR count). The Balaban J connectivity index is 1.62. The minimum Gasteiger partial charge on any atom is -0.346 e. The highest BCUT2D eigenvalue weighted by Gasteiger charge is 2.69. The zero-order valence-corrected chi connectivity index (χ0v) is 32.8. The summed E-state index contributed by atoms with van der Waals surface area (Å²) in [5.41, 5.74) is 1.42. The molecular weight excluding hydrogens is 685 g/mol. The number of unbranched alkanes of at least 4 members (excludes halogenated alkanes) is 1. The summed E-state index contributed by atoms with van der Waals surface area (Å²) in [6, 6.07) is 3.73. The van der Waals surface area contributed by atoms with E-state index in [2.05, 4.69) is 41.7 Å². The van der Waals surface area contributed by atoms with Crippen molar-refractivity contribution in [3.05, 3.63) is 48.0 Å². The molecule has 5 amide bonds. The zero-order valence-electron chi connectivity index (χ0n) is 32.0. The Kier molecular flexibility index (Phi) is 12.7. The van der Waals surface area contributed by atoms with Crippen LogP contribution in [0, 0.1) is 28.6 Å². The van der Waals surface area contributed by atoms with Crippen LogP contribution in [0.25, 0.3) is 0 Å². The van der Waals surface area contributed by atoms with Crippen molar-refractivity contribution in [1.29, 1.82) is 0 Å². The van der Waals surface area contributed by atoms with E-state index < -0.39 is 69.1 Å². The molecule has 1 saturated carbocycles. The molecule has 2 aliphatic carbocycles. The second-order valence-corrected chi connectivity index (χ2v) is 18.5. The summed E-state index contributed by atoms with van der Waals surface area (Å²) in [5, 5.41) is 11.2. The first-order valence-corrected chi connectivity index (χ1v) is 20.2. The van der Waals surface area contributed by atoms with Gasteiger partial charge in [0, 0.05) is 32.7 Å². The van der Waals surface area contributed by atoms with E-state index in [0.29, 0.717) is 25.8 Å². The Morgan fingerprint density at radius 1 is 1.06 bits per heavy atom. The van der Waals surface area contributed by atoms with Gasteiger partial charge in [0.25, 0.3) is 5.91 Å². The van der Waals surface area contributed by atoms with Crippen LogP contribution in [0.1, 0.15) is 71.9 Å². The minimum atomic E-state index is -3.52. The molecule has 4 N–H and O–H groups in total. The van der Waals surface area contributed by atoms with Crippen LogP contribution in [0.4, 0.5) is 4.79 Å². The molecule has 1 heterocycles. The SMILES string of the molecule is C=CCNC(=O)C(=O)C(CCCC)NC(=O)[C@@H]1[C@@H]2[C@H](CN1C(=O)[C@@H](NC(=O)N[C@H](CN(C)S(C)(=O)=O)C(C)(C)C)C1Cc3ccccc3C1)C2(C)C. The van der Waals surface area contributed by atoms with Crippen molar-refractivity contribution >= 4 is 39.6 Å². The predicted octanol–water partition coefficient (Wildman–Crippen LogP) is 2.40. The average molecular weight is 743 g/mol. The molecule has 0 spiro atoms. The summed E-state index contributed by atoms with van der Waals surface area (Å²) in [6.45, 7) is 15.8. The maximum atomic E-state index is 14.8. The molecule has 3 aliphatic rings. The fraction of sp³-hybridized carbons (Fsp3) is 0.658. The molecule has 1 aromatic rings. The molecule has 14 heteroatoms. The normalized spacial score (nSPS) is 22.4. The van der Waals surface area contributed by atoms with Crippen LogP contribution in [0.2, 0.25) is 0 Å². The second-order valence-electron chi connectivity index (χ2n) is 16.5. The largest absolute Gasteiger partial charge is 0.346 e. The summed E-state index contributed by atoms with van der Waals surface area (Å²) in [4.78, 5) is 70.2. The number of carbonyl (C=O) groups is 5. The summed E-state index contributed by atoms with van der Waals surface area (Å²) in [7, 11) is -2.07. The number of nitrogens with one attached hydrogen (secondary N) is 4. The maximum Gasteiger partial charge on any atom is 0.315 e. The van der Waals surface area contributed by atoms with Crippen molar-refractivity contribution in [3.63, 3.8) is 0 Å². The van der Waals surface area contributed by atoms with Gasteiger partial charge in [-0.05, 0) is 59.0 Å². The topological polar surface area (TPSA) is 174 Å². The molecule has 6 atom stereocenters. The lowest BCUT2D eigenvalue weighted by Crippen LogP contribution is -2.61. The molecular formula is C38H58N6O7S. The highest BCUT2D eigenvalue weighted by atomic mass is 32.2. The Hall–Kier alpha value is -3.78. The molecule has 1 aliphatic heterocycles. The molecule has 1 unspecified atom stereocenters. The Bertz CT molecular complexity index is 1630. The van der Waals surface area contributed by atoms with E-state index in [9.17, 15) is 32.4 Å². The van der Waals surface area contributed by atoms with Crippen molar-refractivity contribution in [2.24, 2.45) is 28.6 Å². The number of likely N-dealkylation sites (tertiary alicyclic amines) is 1. The number of rotatable bonds is 16. The number of nitrogens with zero attached hydrogens (tertiary/aromatic N) is 2. The van der Waals surface area contributed by atoms with Crippen molar-refractivity contribution < 1.29 is 32.4 Å². The zero-order chi connectivity index (χ0) is 38.8. The maximum absolute atomic E-state index is 14.8. The van der Waals surface area contributed by atoms with Crippen LogP contribution < -0.4 is 21.3 Å². The number of ketones is 1. The monoisotopic (exact) mass is 742 g/mol. The van der Waals surface area contributed by atoms with Crippen LogP contribution in [0.3, 0.4) is 0 Å². The smallest absolute Gasteiger partial charge is 0.315 e. The average Bonchev–Trinajstić information content (AvgIpc) is 3.42. The number of carbonyl (C=O) groups excluding carboxylic acids is 5. The van der Waals surface area contributed by atoms with Gasteiger partial charge in [-0.15, -0.1) is 6.58 Å². The van der Waals surface area contributed by atoms with E-state index in [1.807, 2.05) is 52.0 Å². The quantitative estimate of drug-likeness (QED) is 0.149. The molecule has 0 bridgehead atoms. The van der Waals surface area contributed by atoms with Gasteiger partial charge in [-0.25, -0.2) is 17.5 Å². The standard InChI is InChI=1S/C38H58N6O7S/c1-10-12-17-27(32(45)34(47)39-18-11-2)40-33(46)31-29-26(38(29,6)7)21-44(31)35(48)30(25-19-23-15-13-14-16-24(23)20-25)42-36(49)41-28(37(3,4)5)22-43(8)52(9,50)51/h11,13-16,25-31H,2,10,12,17-22H2,1,3-9H3,(H,39,47)(H,40,46)(H2,41,42,49)/t26-,27?,28+,29-,30-,31-/m0/s1. The third-order valence-electron chi connectivity index (χ3n) is 11.3. The van der Waals surface area contributed by atoms with E-state index in [1.54, 1.807) is 4.90 Å². The van der Waals surface area contributed by atoms with Crippen molar-refractivity contribution in [1.82, 2.24) is 30.5 Å². The van der Waals surface area contributed by atoms with Gasteiger partial charge in [0.2, 0.25) is 27.6 Å². The lowest BCUT2D eigenvalue weighted by Gasteiger charge is -2.37. The van der Waals surface area contributed by atoms with E-state index >= 15 is 0 Å². The fourth-order valence-corrected chi connectivity index (χ4v) is 8.24. The van der Waals surface area contributed by atoms with Crippen LogP contribution in [0.5, 0.6) is 0 Å². The number of hydrogen-bond acceptors (Lipinski definition) is 7. The molecule has 0 aromatic heterocycles. The van der Waals surface area contributed by atoms with Gasteiger partial charge in [0.15, 0.2) is 0 Å². The minimum absolute atomic E-state index is 0.0274. The van der Waals surface area contributed by atoms with Gasteiger partial charge in [-0.2, -0.15) is 0 Å². The second kappa shape index (κ2) is 16.1. The molecule has 13 nitrogen and oxygen atoms in total. The molecule has 1 saturated heterocycles. The first-order valence-electron chi connectivity index (χ1n) is 18.3. The molecule has 1 aromatic carbocycles. The Morgan fingerprint density at radius 2 is 1.67 bits per heavy atom. The Morgan fingerprint density at radius 3 is 2.21 bits per heavy atom. The third-order valence-corrected chi connectivity index (χ3v) is 12.6. The number of fused-ring (bicyclic) bond motifs is 2. The number of likely N-dealkylation sites (N-methyl/N-ethyl adjacent to an activating group) is 1.